The van der Waals surface area contributed by atoms with Crippen LogP contribution in [0.3, 0.4) is 0 Å². The molecule has 0 saturated carbocycles. The van der Waals surface area contributed by atoms with Gasteiger partial charge in [-0.15, -0.1) is 0 Å². The summed E-state index contributed by atoms with van der Waals surface area (Å²) >= 11 is 0. The lowest BCUT2D eigenvalue weighted by atomic mass is 9.82. The van der Waals surface area contributed by atoms with E-state index in [4.69, 9.17) is 14.2 Å². The summed E-state index contributed by atoms with van der Waals surface area (Å²) in [5.41, 5.74) is 0.906. The number of carbonyl (C=O) groups excluding carboxylic acids is 4. The lowest BCUT2D eigenvalue weighted by molar-refractivity contribution is 0.0472. The second kappa shape index (κ2) is 7.21. The Labute approximate surface area is 176 Å². The van der Waals surface area contributed by atoms with E-state index >= 15 is 0 Å². The Morgan fingerprint density at radius 1 is 0.806 bits per heavy atom. The van der Waals surface area contributed by atoms with E-state index in [1.165, 1.54) is 24.3 Å². The van der Waals surface area contributed by atoms with Gasteiger partial charge in [-0.05, 0) is 24.3 Å². The lowest BCUT2D eigenvalue weighted by Gasteiger charge is -2.19. The van der Waals surface area contributed by atoms with Gasteiger partial charge in [0.15, 0.2) is 35.5 Å². The first kappa shape index (κ1) is 18.7. The monoisotopic (exact) mass is 414 g/mol. The predicted octanol–water partition coefficient (Wildman–Crippen LogP) is 3.23. The van der Waals surface area contributed by atoms with Crippen molar-refractivity contribution in [3.8, 4) is 11.5 Å². The molecule has 1 aliphatic carbocycles. The summed E-state index contributed by atoms with van der Waals surface area (Å²) in [5, 5.41) is 0. The molecule has 0 aromatic heterocycles. The number of fused-ring (bicyclic) bond motifs is 3. The normalized spacial score (nSPS) is 13.4. The number of esters is 1. The third kappa shape index (κ3) is 3.07. The molecule has 152 valence electrons. The van der Waals surface area contributed by atoms with Crippen LogP contribution in [0.1, 0.15) is 52.6 Å². The standard InChI is InChI=1S/C24H14O7/c25-18(13-8-9-19-20(10-13)31-12-30-19)11-29-24(28)17-7-3-6-16-21(17)23(27)15-5-2-1-4-14(15)22(16)26/h1-10H,11-12H2. The molecule has 3 aromatic rings. The summed E-state index contributed by atoms with van der Waals surface area (Å²) in [6, 6.07) is 15.5. The molecule has 0 saturated heterocycles. The Kier molecular flexibility index (Phi) is 4.36. The van der Waals surface area contributed by atoms with Crippen molar-refractivity contribution in [1.29, 1.82) is 0 Å². The van der Waals surface area contributed by atoms with Gasteiger partial charge in [0.25, 0.3) is 0 Å². The molecule has 0 fully saturated rings. The Morgan fingerprint density at radius 2 is 1.52 bits per heavy atom. The van der Waals surface area contributed by atoms with Gasteiger partial charge in [0.1, 0.15) is 0 Å². The molecule has 7 heteroatoms. The van der Waals surface area contributed by atoms with Crippen LogP contribution in [-0.2, 0) is 4.74 Å². The van der Waals surface area contributed by atoms with Crippen molar-refractivity contribution in [2.45, 2.75) is 0 Å². The van der Waals surface area contributed by atoms with E-state index in [0.29, 0.717) is 22.6 Å². The van der Waals surface area contributed by atoms with Crippen LogP contribution in [0.2, 0.25) is 0 Å². The zero-order chi connectivity index (χ0) is 21.5. The molecule has 2 aliphatic rings. The highest BCUT2D eigenvalue weighted by atomic mass is 16.7. The summed E-state index contributed by atoms with van der Waals surface area (Å²) in [4.78, 5) is 51.0. The molecule has 7 nitrogen and oxygen atoms in total. The number of ketones is 3. The number of rotatable bonds is 4. The van der Waals surface area contributed by atoms with E-state index < -0.39 is 24.1 Å². The Hall–Kier alpha value is -4.26. The van der Waals surface area contributed by atoms with Crippen LogP contribution in [0.5, 0.6) is 11.5 Å². The summed E-state index contributed by atoms with van der Waals surface area (Å²) in [7, 11) is 0. The van der Waals surface area contributed by atoms with Crippen LogP contribution in [0.25, 0.3) is 0 Å². The van der Waals surface area contributed by atoms with Crippen molar-refractivity contribution >= 4 is 23.3 Å². The molecule has 0 N–H and O–H groups in total. The summed E-state index contributed by atoms with van der Waals surface area (Å²) in [6.07, 6.45) is 0. The highest BCUT2D eigenvalue weighted by Gasteiger charge is 2.33. The topological polar surface area (TPSA) is 96.0 Å². The fraction of sp³-hybridized carbons (Fsp3) is 0.0833. The number of Topliss-reactive ketones (excluding diaryl/α,β-unsaturated/α-hetero) is 1. The first-order chi connectivity index (χ1) is 15.0. The van der Waals surface area contributed by atoms with E-state index in [1.54, 1.807) is 36.4 Å². The fourth-order valence-electron chi connectivity index (χ4n) is 3.68. The summed E-state index contributed by atoms with van der Waals surface area (Å²) in [5.74, 6) is -1.09. The Balaban J connectivity index is 1.39. The predicted molar refractivity (Wildman–Crippen MR) is 107 cm³/mol. The zero-order valence-corrected chi connectivity index (χ0v) is 16.0. The van der Waals surface area contributed by atoms with E-state index in [9.17, 15) is 19.2 Å². The molecular formula is C24H14O7. The van der Waals surface area contributed by atoms with E-state index in [1.807, 2.05) is 0 Å². The number of benzene rings is 3. The zero-order valence-electron chi connectivity index (χ0n) is 16.0. The highest BCUT2D eigenvalue weighted by molar-refractivity contribution is 6.30. The number of carbonyl (C=O) groups is 4. The van der Waals surface area contributed by atoms with Gasteiger partial charge < -0.3 is 14.2 Å². The SMILES string of the molecule is O=C(COC(=O)c1cccc2c1C(=O)c1ccccc1C2=O)c1ccc2c(c1)OCO2. The maximum atomic E-state index is 13.0. The van der Waals surface area contributed by atoms with Crippen LogP contribution >= 0.6 is 0 Å². The first-order valence-electron chi connectivity index (χ1n) is 9.46. The molecule has 1 aliphatic heterocycles. The second-order valence-corrected chi connectivity index (χ2v) is 7.00. The van der Waals surface area contributed by atoms with Crippen molar-refractivity contribution in [2.24, 2.45) is 0 Å². The van der Waals surface area contributed by atoms with E-state index in [0.717, 1.165) is 0 Å². The second-order valence-electron chi connectivity index (χ2n) is 7.00. The molecule has 0 radical (unpaired) electrons. The van der Waals surface area contributed by atoms with Crippen molar-refractivity contribution < 1.29 is 33.4 Å². The number of hydrogen-bond acceptors (Lipinski definition) is 7. The van der Waals surface area contributed by atoms with Gasteiger partial charge in [-0.1, -0.05) is 36.4 Å². The van der Waals surface area contributed by atoms with Gasteiger partial charge in [-0.25, -0.2) is 4.79 Å². The Morgan fingerprint density at radius 3 is 2.32 bits per heavy atom. The maximum absolute atomic E-state index is 13.0. The van der Waals surface area contributed by atoms with Crippen LogP contribution in [0.4, 0.5) is 0 Å². The van der Waals surface area contributed by atoms with Gasteiger partial charge in [0, 0.05) is 27.8 Å². The number of hydrogen-bond donors (Lipinski definition) is 0. The Bertz CT molecular complexity index is 1290. The van der Waals surface area contributed by atoms with E-state index in [2.05, 4.69) is 0 Å². The molecular weight excluding hydrogens is 400 g/mol. The van der Waals surface area contributed by atoms with Gasteiger partial charge in [-0.3, -0.25) is 14.4 Å². The molecule has 3 aromatic carbocycles. The third-order valence-electron chi connectivity index (χ3n) is 5.20. The van der Waals surface area contributed by atoms with Gasteiger partial charge in [0.05, 0.1) is 5.56 Å². The minimum atomic E-state index is -0.855. The molecule has 0 unspecified atom stereocenters. The molecule has 0 atom stereocenters. The third-order valence-corrected chi connectivity index (χ3v) is 5.20. The van der Waals surface area contributed by atoms with Gasteiger partial charge in [0.2, 0.25) is 6.79 Å². The van der Waals surface area contributed by atoms with Crippen molar-refractivity contribution in [3.63, 3.8) is 0 Å². The quantitative estimate of drug-likeness (QED) is 0.374. The average molecular weight is 414 g/mol. The van der Waals surface area contributed by atoms with Crippen LogP contribution in [0.15, 0.2) is 60.7 Å². The molecule has 31 heavy (non-hydrogen) atoms. The minimum Gasteiger partial charge on any atom is -0.454 e. The highest BCUT2D eigenvalue weighted by Crippen LogP contribution is 2.33. The summed E-state index contributed by atoms with van der Waals surface area (Å²) in [6.45, 7) is -0.447. The first-order valence-corrected chi connectivity index (χ1v) is 9.46. The smallest absolute Gasteiger partial charge is 0.339 e. The van der Waals surface area contributed by atoms with Crippen molar-refractivity contribution in [1.82, 2.24) is 0 Å². The van der Waals surface area contributed by atoms with E-state index in [-0.39, 0.29) is 34.8 Å². The van der Waals surface area contributed by atoms with Crippen molar-refractivity contribution in [2.75, 3.05) is 13.4 Å². The molecule has 1 heterocycles. The van der Waals surface area contributed by atoms with Crippen LogP contribution < -0.4 is 9.47 Å². The van der Waals surface area contributed by atoms with Crippen molar-refractivity contribution in [3.05, 3.63) is 94.0 Å². The summed E-state index contributed by atoms with van der Waals surface area (Å²) < 4.78 is 15.6. The number of ether oxygens (including phenoxy) is 3. The average Bonchev–Trinajstić information content (AvgIpc) is 3.28. The molecule has 0 spiro atoms. The maximum Gasteiger partial charge on any atom is 0.339 e. The largest absolute Gasteiger partial charge is 0.454 e. The van der Waals surface area contributed by atoms with Crippen LogP contribution in [0, 0.1) is 0 Å². The van der Waals surface area contributed by atoms with Crippen LogP contribution in [-0.4, -0.2) is 36.7 Å². The molecule has 0 bridgehead atoms. The van der Waals surface area contributed by atoms with Gasteiger partial charge in [-0.2, -0.15) is 0 Å². The molecule has 5 rings (SSSR count). The minimum absolute atomic E-state index is 0.00766. The molecule has 0 amide bonds. The fourth-order valence-corrected chi connectivity index (χ4v) is 3.68. The van der Waals surface area contributed by atoms with Gasteiger partial charge >= 0.3 is 5.97 Å². The lowest BCUT2D eigenvalue weighted by Crippen LogP contribution is -2.25.